The maximum atomic E-state index is 13.5. The van der Waals surface area contributed by atoms with Crippen LogP contribution in [-0.2, 0) is 0 Å². The summed E-state index contributed by atoms with van der Waals surface area (Å²) in [6, 6.07) is 3.63. The summed E-state index contributed by atoms with van der Waals surface area (Å²) in [7, 11) is 0. The van der Waals surface area contributed by atoms with Crippen molar-refractivity contribution in [2.45, 2.75) is 146 Å². The molecular weight excluding hydrogens is 597 g/mol. The summed E-state index contributed by atoms with van der Waals surface area (Å²) >= 11 is 0. The van der Waals surface area contributed by atoms with Crippen LogP contribution >= 0.6 is 0 Å². The number of amides is 1. The van der Waals surface area contributed by atoms with Crippen LogP contribution in [0.3, 0.4) is 0 Å². The van der Waals surface area contributed by atoms with E-state index < -0.39 is 0 Å². The van der Waals surface area contributed by atoms with Crippen LogP contribution in [-0.4, -0.2) is 28.9 Å². The van der Waals surface area contributed by atoms with E-state index in [0.717, 1.165) is 77.0 Å². The Hall–Kier alpha value is -3.46. The first-order valence-electron chi connectivity index (χ1n) is 18.8. The molecule has 1 amide bonds. The lowest BCUT2D eigenvalue weighted by Crippen LogP contribution is -2.34. The molecule has 1 aromatic rings. The SMILES string of the molecule is CC(C)=CCC/C(C)=C/CC/C(C)=C/CC/C=C(\C)CN(C/C(C)=C/CC/C=C(\C)CC/C=C(\C)CCC=C(C)C)C(=O)c1ccncc1. The van der Waals surface area contributed by atoms with Crippen LogP contribution in [0.5, 0.6) is 0 Å². The quantitative estimate of drug-likeness (QED) is 0.0860. The van der Waals surface area contributed by atoms with Crippen molar-refractivity contribution in [3.8, 4) is 0 Å². The second-order valence-electron chi connectivity index (χ2n) is 14.6. The predicted octanol–water partition coefficient (Wildman–Crippen LogP) is 13.8. The normalized spacial score (nSPS) is 13.4. The second-order valence-corrected chi connectivity index (χ2v) is 14.6. The van der Waals surface area contributed by atoms with Gasteiger partial charge in [-0.1, -0.05) is 93.2 Å². The zero-order valence-electron chi connectivity index (χ0n) is 33.1. The molecular formula is C46H70N2O. The first kappa shape index (κ1) is 43.6. The molecule has 0 aromatic carbocycles. The van der Waals surface area contributed by atoms with Gasteiger partial charge in [-0.2, -0.15) is 0 Å². The number of carbonyl (C=O) groups excluding carboxylic acids is 1. The summed E-state index contributed by atoms with van der Waals surface area (Å²) in [5, 5.41) is 0. The fraction of sp³-hybridized carbons (Fsp3) is 0.522. The summed E-state index contributed by atoms with van der Waals surface area (Å²) < 4.78 is 0. The Kier molecular flexibility index (Phi) is 23.5. The van der Waals surface area contributed by atoms with Crippen molar-refractivity contribution in [1.29, 1.82) is 0 Å². The van der Waals surface area contributed by atoms with Gasteiger partial charge in [-0.3, -0.25) is 9.78 Å². The lowest BCUT2D eigenvalue weighted by atomic mass is 10.1. The highest BCUT2D eigenvalue weighted by molar-refractivity contribution is 5.94. The van der Waals surface area contributed by atoms with Crippen LogP contribution in [0.2, 0.25) is 0 Å². The Morgan fingerprint density at radius 3 is 1.12 bits per heavy atom. The minimum absolute atomic E-state index is 0.0581. The van der Waals surface area contributed by atoms with Gasteiger partial charge in [-0.15, -0.1) is 0 Å². The molecule has 1 aromatic heterocycles. The Morgan fingerprint density at radius 1 is 0.469 bits per heavy atom. The van der Waals surface area contributed by atoms with Crippen LogP contribution in [0.25, 0.3) is 0 Å². The topological polar surface area (TPSA) is 33.2 Å². The lowest BCUT2D eigenvalue weighted by Gasteiger charge is -2.24. The highest BCUT2D eigenvalue weighted by Crippen LogP contribution is 2.16. The minimum Gasteiger partial charge on any atom is -0.331 e. The third-order valence-corrected chi connectivity index (χ3v) is 8.65. The molecule has 0 spiro atoms. The molecule has 0 N–H and O–H groups in total. The van der Waals surface area contributed by atoms with Crippen LogP contribution in [0.4, 0.5) is 0 Å². The number of hydrogen-bond donors (Lipinski definition) is 0. The Labute approximate surface area is 302 Å². The van der Waals surface area contributed by atoms with Gasteiger partial charge in [-0.05, 0) is 158 Å². The zero-order chi connectivity index (χ0) is 36.4. The zero-order valence-corrected chi connectivity index (χ0v) is 33.1. The molecule has 3 nitrogen and oxygen atoms in total. The van der Waals surface area contributed by atoms with Gasteiger partial charge in [0.05, 0.1) is 0 Å². The molecule has 1 rings (SSSR count). The third-order valence-electron chi connectivity index (χ3n) is 8.65. The van der Waals surface area contributed by atoms with Gasteiger partial charge in [-0.25, -0.2) is 0 Å². The second kappa shape index (κ2) is 26.4. The Bertz CT molecular complexity index is 1270. The van der Waals surface area contributed by atoms with Gasteiger partial charge < -0.3 is 4.90 Å². The molecule has 270 valence electrons. The molecule has 49 heavy (non-hydrogen) atoms. The minimum atomic E-state index is 0.0581. The van der Waals surface area contributed by atoms with E-state index in [0.29, 0.717) is 18.7 Å². The fourth-order valence-electron chi connectivity index (χ4n) is 5.60. The van der Waals surface area contributed by atoms with E-state index in [2.05, 4.69) is 123 Å². The molecule has 0 radical (unpaired) electrons. The number of allylic oxidation sites excluding steroid dienone is 14. The van der Waals surface area contributed by atoms with Gasteiger partial charge in [0, 0.05) is 31.0 Å². The standard InChI is InChI=1S/C46H70N2O/c1-37(2)19-15-25-41(7)29-17-27-39(5)21-11-13-23-43(9)35-48(46(49)45-31-33-47-34-32-45)36-44(10)24-14-12-22-40(6)28-18-30-42(8)26-16-20-38(3)4/h19-24,29-34H,11-18,25-28,35-36H2,1-10H3/b39-21+,40-22+,41-29+,42-30+,43-23+,44-24+. The number of rotatable bonds is 23. The van der Waals surface area contributed by atoms with Crippen molar-refractivity contribution in [3.05, 3.63) is 123 Å². The van der Waals surface area contributed by atoms with E-state index in [9.17, 15) is 4.79 Å². The van der Waals surface area contributed by atoms with Crippen molar-refractivity contribution in [1.82, 2.24) is 9.88 Å². The number of pyridine rings is 1. The Morgan fingerprint density at radius 2 is 0.776 bits per heavy atom. The summed E-state index contributed by atoms with van der Waals surface area (Å²) in [6.45, 7) is 23.2. The van der Waals surface area contributed by atoms with Gasteiger partial charge in [0.25, 0.3) is 5.91 Å². The van der Waals surface area contributed by atoms with Crippen molar-refractivity contribution in [2.24, 2.45) is 0 Å². The van der Waals surface area contributed by atoms with Gasteiger partial charge >= 0.3 is 0 Å². The van der Waals surface area contributed by atoms with Crippen molar-refractivity contribution >= 4 is 5.91 Å². The summed E-state index contributed by atoms with van der Waals surface area (Å²) in [5.41, 5.74) is 11.8. The highest BCUT2D eigenvalue weighted by Gasteiger charge is 2.16. The summed E-state index contributed by atoms with van der Waals surface area (Å²) in [4.78, 5) is 19.6. The predicted molar refractivity (Wildman–Crippen MR) is 217 cm³/mol. The monoisotopic (exact) mass is 667 g/mol. The number of nitrogens with zero attached hydrogens (tertiary/aromatic N) is 2. The van der Waals surface area contributed by atoms with Crippen LogP contribution < -0.4 is 0 Å². The molecule has 0 aliphatic rings. The molecule has 0 bridgehead atoms. The van der Waals surface area contributed by atoms with Crippen LogP contribution in [0.1, 0.15) is 157 Å². The first-order valence-corrected chi connectivity index (χ1v) is 18.8. The Balaban J connectivity index is 2.67. The molecule has 0 unspecified atom stereocenters. The molecule has 0 aliphatic heterocycles. The van der Waals surface area contributed by atoms with Gasteiger partial charge in [0.15, 0.2) is 0 Å². The van der Waals surface area contributed by atoms with E-state index in [-0.39, 0.29) is 5.91 Å². The van der Waals surface area contributed by atoms with Crippen molar-refractivity contribution < 1.29 is 4.79 Å². The van der Waals surface area contributed by atoms with Gasteiger partial charge in [0.1, 0.15) is 0 Å². The molecule has 0 saturated carbocycles. The highest BCUT2D eigenvalue weighted by atomic mass is 16.2. The van der Waals surface area contributed by atoms with E-state index in [1.54, 1.807) is 12.4 Å². The number of aromatic nitrogens is 1. The van der Waals surface area contributed by atoms with E-state index in [1.165, 1.54) is 44.6 Å². The van der Waals surface area contributed by atoms with E-state index in [1.807, 2.05) is 17.0 Å². The fourth-order valence-corrected chi connectivity index (χ4v) is 5.60. The first-order chi connectivity index (χ1) is 23.4. The van der Waals surface area contributed by atoms with Crippen molar-refractivity contribution in [3.63, 3.8) is 0 Å². The molecule has 0 atom stereocenters. The molecule has 0 fully saturated rings. The van der Waals surface area contributed by atoms with Crippen LogP contribution in [0, 0.1) is 0 Å². The van der Waals surface area contributed by atoms with Crippen LogP contribution in [0.15, 0.2) is 118 Å². The number of carbonyl (C=O) groups is 1. The summed E-state index contributed by atoms with van der Waals surface area (Å²) in [6.07, 6.45) is 35.3. The maximum absolute atomic E-state index is 13.5. The number of unbranched alkanes of at least 4 members (excludes halogenated alkanes) is 2. The molecule has 0 aliphatic carbocycles. The van der Waals surface area contributed by atoms with E-state index >= 15 is 0 Å². The average molecular weight is 667 g/mol. The smallest absolute Gasteiger partial charge is 0.254 e. The molecule has 0 saturated heterocycles. The number of hydrogen-bond acceptors (Lipinski definition) is 2. The third kappa shape index (κ3) is 23.5. The molecule has 3 heteroatoms. The van der Waals surface area contributed by atoms with Gasteiger partial charge in [0.2, 0.25) is 0 Å². The lowest BCUT2D eigenvalue weighted by molar-refractivity contribution is 0.0783. The largest absolute Gasteiger partial charge is 0.331 e. The van der Waals surface area contributed by atoms with E-state index in [4.69, 9.17) is 0 Å². The summed E-state index contributed by atoms with van der Waals surface area (Å²) in [5.74, 6) is 0.0581. The molecule has 1 heterocycles. The van der Waals surface area contributed by atoms with Crippen molar-refractivity contribution in [2.75, 3.05) is 13.1 Å². The maximum Gasteiger partial charge on any atom is 0.254 e. The average Bonchev–Trinajstić information content (AvgIpc) is 3.04.